The zero-order valence-electron chi connectivity index (χ0n) is 16.8. The van der Waals surface area contributed by atoms with Crippen LogP contribution in [0.4, 0.5) is 0 Å². The number of rotatable bonds is 7. The Hall–Kier alpha value is -1.89. The van der Waals surface area contributed by atoms with E-state index in [0.29, 0.717) is 24.5 Å². The highest BCUT2D eigenvalue weighted by Crippen LogP contribution is 2.29. The van der Waals surface area contributed by atoms with Crippen LogP contribution in [0.15, 0.2) is 53.4 Å². The van der Waals surface area contributed by atoms with E-state index in [-0.39, 0.29) is 23.4 Å². The molecule has 5 nitrogen and oxygen atoms in total. The minimum atomic E-state index is -3.77. The molecule has 0 radical (unpaired) electrons. The molecule has 1 heterocycles. The molecule has 1 aliphatic heterocycles. The van der Waals surface area contributed by atoms with Crippen molar-refractivity contribution in [1.29, 1.82) is 0 Å². The molecule has 2 aromatic carbocycles. The van der Waals surface area contributed by atoms with Crippen molar-refractivity contribution >= 4 is 27.5 Å². The van der Waals surface area contributed by atoms with E-state index in [1.165, 1.54) is 22.0 Å². The summed E-state index contributed by atoms with van der Waals surface area (Å²) in [6.45, 7) is 4.75. The fraction of sp³-hybridized carbons (Fsp3) is 0.409. The molecule has 1 unspecified atom stereocenters. The SMILES string of the molecule is CCCCN(CC(=O)N1CCc2ccccc2C1C)S(=O)(=O)c1ccc(Cl)cc1. The summed E-state index contributed by atoms with van der Waals surface area (Å²) in [5.41, 5.74) is 2.38. The minimum Gasteiger partial charge on any atom is -0.334 e. The van der Waals surface area contributed by atoms with E-state index in [1.807, 2.05) is 32.0 Å². The summed E-state index contributed by atoms with van der Waals surface area (Å²) < 4.78 is 27.6. The van der Waals surface area contributed by atoms with Crippen molar-refractivity contribution in [3.8, 4) is 0 Å². The summed E-state index contributed by atoms with van der Waals surface area (Å²) in [5.74, 6) is -0.166. The predicted octanol–water partition coefficient (Wildman–Crippen LogP) is 4.28. The lowest BCUT2D eigenvalue weighted by atomic mass is 9.93. The van der Waals surface area contributed by atoms with Crippen molar-refractivity contribution < 1.29 is 13.2 Å². The van der Waals surface area contributed by atoms with Gasteiger partial charge in [-0.1, -0.05) is 49.2 Å². The van der Waals surface area contributed by atoms with Crippen LogP contribution in [0, 0.1) is 0 Å². The second-order valence-corrected chi connectivity index (χ2v) is 9.73. The minimum absolute atomic E-state index is 0.0706. The molecule has 0 bridgehead atoms. The van der Waals surface area contributed by atoms with Crippen LogP contribution >= 0.6 is 11.6 Å². The summed E-state index contributed by atoms with van der Waals surface area (Å²) >= 11 is 5.90. The first-order valence-corrected chi connectivity index (χ1v) is 11.8. The number of benzene rings is 2. The summed E-state index contributed by atoms with van der Waals surface area (Å²) in [6.07, 6.45) is 2.32. The normalized spacial score (nSPS) is 16.7. The number of amides is 1. The van der Waals surface area contributed by atoms with Crippen molar-refractivity contribution in [3.05, 3.63) is 64.7 Å². The van der Waals surface area contributed by atoms with E-state index in [2.05, 4.69) is 6.07 Å². The number of fused-ring (bicyclic) bond motifs is 1. The van der Waals surface area contributed by atoms with Crippen LogP contribution in [0.5, 0.6) is 0 Å². The molecular weight excluding hydrogens is 408 g/mol. The second-order valence-electron chi connectivity index (χ2n) is 7.36. The van der Waals surface area contributed by atoms with E-state index in [1.54, 1.807) is 17.0 Å². The van der Waals surface area contributed by atoms with Gasteiger partial charge in [0.1, 0.15) is 0 Å². The third-order valence-corrected chi connectivity index (χ3v) is 7.55. The first-order valence-electron chi connectivity index (χ1n) is 9.97. The maximum atomic E-state index is 13.2. The van der Waals surface area contributed by atoms with Crippen LogP contribution in [0.3, 0.4) is 0 Å². The highest BCUT2D eigenvalue weighted by Gasteiger charge is 2.32. The Morgan fingerprint density at radius 3 is 2.55 bits per heavy atom. The molecule has 0 aliphatic carbocycles. The van der Waals surface area contributed by atoms with Gasteiger partial charge >= 0.3 is 0 Å². The van der Waals surface area contributed by atoms with Crippen LogP contribution in [-0.2, 0) is 21.2 Å². The maximum absolute atomic E-state index is 13.2. The fourth-order valence-electron chi connectivity index (χ4n) is 3.73. The first kappa shape index (κ1) is 21.8. The van der Waals surface area contributed by atoms with E-state index in [4.69, 9.17) is 11.6 Å². The summed E-state index contributed by atoms with van der Waals surface area (Å²) in [7, 11) is -3.77. The molecule has 7 heteroatoms. The van der Waals surface area contributed by atoms with Crippen molar-refractivity contribution in [1.82, 2.24) is 9.21 Å². The number of sulfonamides is 1. The average Bonchev–Trinajstić information content (AvgIpc) is 2.71. The Morgan fingerprint density at radius 1 is 1.17 bits per heavy atom. The quantitative estimate of drug-likeness (QED) is 0.653. The summed E-state index contributed by atoms with van der Waals surface area (Å²) in [4.78, 5) is 15.1. The number of carbonyl (C=O) groups is 1. The molecule has 0 N–H and O–H groups in total. The molecule has 29 heavy (non-hydrogen) atoms. The molecular formula is C22H27ClN2O3S. The fourth-order valence-corrected chi connectivity index (χ4v) is 5.28. The van der Waals surface area contributed by atoms with E-state index in [9.17, 15) is 13.2 Å². The Balaban J connectivity index is 1.81. The van der Waals surface area contributed by atoms with Gasteiger partial charge in [0.2, 0.25) is 15.9 Å². The Bertz CT molecular complexity index is 960. The molecule has 1 aliphatic rings. The summed E-state index contributed by atoms with van der Waals surface area (Å²) in [5, 5.41) is 0.473. The molecule has 0 saturated carbocycles. The lowest BCUT2D eigenvalue weighted by Gasteiger charge is -2.36. The lowest BCUT2D eigenvalue weighted by Crippen LogP contribution is -2.46. The van der Waals surface area contributed by atoms with Gasteiger partial charge in [-0.05, 0) is 55.2 Å². The van der Waals surface area contributed by atoms with Crippen LogP contribution in [0.1, 0.15) is 43.9 Å². The van der Waals surface area contributed by atoms with Gasteiger partial charge in [-0.25, -0.2) is 8.42 Å². The van der Waals surface area contributed by atoms with Gasteiger partial charge < -0.3 is 4.90 Å². The van der Waals surface area contributed by atoms with Crippen LogP contribution in [-0.4, -0.2) is 43.2 Å². The Labute approximate surface area is 178 Å². The van der Waals surface area contributed by atoms with Crippen molar-refractivity contribution in [3.63, 3.8) is 0 Å². The zero-order valence-corrected chi connectivity index (χ0v) is 18.4. The van der Waals surface area contributed by atoms with Gasteiger partial charge in [0.15, 0.2) is 0 Å². The summed E-state index contributed by atoms with van der Waals surface area (Å²) in [6, 6.07) is 14.1. The molecule has 0 aromatic heterocycles. The van der Waals surface area contributed by atoms with Crippen LogP contribution < -0.4 is 0 Å². The molecule has 156 valence electrons. The van der Waals surface area contributed by atoms with Gasteiger partial charge in [-0.2, -0.15) is 4.31 Å². The number of hydrogen-bond acceptors (Lipinski definition) is 3. The highest BCUT2D eigenvalue weighted by molar-refractivity contribution is 7.89. The van der Waals surface area contributed by atoms with Crippen molar-refractivity contribution in [2.75, 3.05) is 19.6 Å². The van der Waals surface area contributed by atoms with Gasteiger partial charge in [-0.3, -0.25) is 4.79 Å². The largest absolute Gasteiger partial charge is 0.334 e. The number of carbonyl (C=O) groups excluding carboxylic acids is 1. The Morgan fingerprint density at radius 2 is 1.86 bits per heavy atom. The molecule has 1 amide bonds. The number of hydrogen-bond donors (Lipinski definition) is 0. The molecule has 1 atom stereocenters. The number of unbranched alkanes of at least 4 members (excludes halogenated alkanes) is 1. The number of halogens is 1. The smallest absolute Gasteiger partial charge is 0.243 e. The van der Waals surface area contributed by atoms with Crippen molar-refractivity contribution in [2.24, 2.45) is 0 Å². The molecule has 2 aromatic rings. The molecule has 0 spiro atoms. The lowest BCUT2D eigenvalue weighted by molar-refractivity contribution is -0.134. The molecule has 0 fully saturated rings. The predicted molar refractivity (Wildman–Crippen MR) is 115 cm³/mol. The molecule has 0 saturated heterocycles. The van der Waals surface area contributed by atoms with Gasteiger partial charge in [-0.15, -0.1) is 0 Å². The topological polar surface area (TPSA) is 57.7 Å². The first-order chi connectivity index (χ1) is 13.8. The van der Waals surface area contributed by atoms with E-state index < -0.39 is 10.0 Å². The third-order valence-electron chi connectivity index (χ3n) is 5.44. The highest BCUT2D eigenvalue weighted by atomic mass is 35.5. The molecule has 3 rings (SSSR count). The van der Waals surface area contributed by atoms with Crippen LogP contribution in [0.2, 0.25) is 5.02 Å². The van der Waals surface area contributed by atoms with Gasteiger partial charge in [0.25, 0.3) is 0 Å². The average molecular weight is 435 g/mol. The zero-order chi connectivity index (χ0) is 21.0. The van der Waals surface area contributed by atoms with E-state index in [0.717, 1.165) is 18.4 Å². The van der Waals surface area contributed by atoms with Gasteiger partial charge in [0.05, 0.1) is 17.5 Å². The maximum Gasteiger partial charge on any atom is 0.243 e. The van der Waals surface area contributed by atoms with Crippen molar-refractivity contribution in [2.45, 2.75) is 44.0 Å². The van der Waals surface area contributed by atoms with E-state index >= 15 is 0 Å². The standard InChI is InChI=1S/C22H27ClN2O3S/c1-3-4-14-24(29(27,28)20-11-9-19(23)10-12-20)16-22(26)25-15-13-18-7-5-6-8-21(18)17(25)2/h5-12,17H,3-4,13-16H2,1-2H3. The Kier molecular flexibility index (Phi) is 6.98. The third kappa shape index (κ3) is 4.82. The van der Waals surface area contributed by atoms with Crippen LogP contribution in [0.25, 0.3) is 0 Å². The second kappa shape index (κ2) is 9.28. The van der Waals surface area contributed by atoms with Gasteiger partial charge in [0, 0.05) is 18.1 Å². The monoisotopic (exact) mass is 434 g/mol. The number of nitrogens with zero attached hydrogens (tertiary/aromatic N) is 2.